The summed E-state index contributed by atoms with van der Waals surface area (Å²) in [6.45, 7) is 0.453. The summed E-state index contributed by atoms with van der Waals surface area (Å²) in [5.74, 6) is 0.318. The number of halogens is 1. The molecule has 4 aromatic rings. The minimum atomic E-state index is -0.691. The van der Waals surface area contributed by atoms with Gasteiger partial charge in [0.15, 0.2) is 0 Å². The van der Waals surface area contributed by atoms with E-state index in [2.05, 4.69) is 15.3 Å². The maximum atomic E-state index is 11.5. The average Bonchev–Trinajstić information content (AvgIpc) is 3.21. The predicted octanol–water partition coefficient (Wildman–Crippen LogP) is 4.77. The molecule has 2 aromatic heterocycles. The maximum Gasteiger partial charge on any atom is 0.286 e. The van der Waals surface area contributed by atoms with E-state index in [9.17, 15) is 4.79 Å². The van der Waals surface area contributed by atoms with Gasteiger partial charge in [-0.05, 0) is 52.7 Å². The molecule has 0 bridgehead atoms. The average molecular weight is 411 g/mol. The lowest BCUT2D eigenvalue weighted by molar-refractivity contribution is 0.0991. The van der Waals surface area contributed by atoms with Crippen LogP contribution in [0.4, 0.5) is 11.5 Å². The van der Waals surface area contributed by atoms with Gasteiger partial charge in [-0.1, -0.05) is 23.7 Å². The molecule has 2 heterocycles. The Bertz CT molecular complexity index is 1150. The van der Waals surface area contributed by atoms with Crippen LogP contribution in [0.3, 0.4) is 0 Å². The van der Waals surface area contributed by atoms with Gasteiger partial charge in [-0.25, -0.2) is 9.97 Å². The lowest BCUT2D eigenvalue weighted by Gasteiger charge is -2.12. The van der Waals surface area contributed by atoms with Gasteiger partial charge in [0.25, 0.3) is 5.91 Å². The number of carbonyl (C=O) groups is 1. The van der Waals surface area contributed by atoms with Gasteiger partial charge < -0.3 is 15.8 Å². The normalized spacial score (nSPS) is 10.8. The summed E-state index contributed by atoms with van der Waals surface area (Å²) in [4.78, 5) is 20.0. The molecule has 0 spiro atoms. The first kappa shape index (κ1) is 18.2. The summed E-state index contributed by atoms with van der Waals surface area (Å²) in [5, 5.41) is 8.44. The molecule has 0 radical (unpaired) electrons. The van der Waals surface area contributed by atoms with Crippen molar-refractivity contribution in [3.63, 3.8) is 0 Å². The second-order valence-electron chi connectivity index (χ2n) is 5.97. The summed E-state index contributed by atoms with van der Waals surface area (Å²) < 4.78 is 5.77. The quantitative estimate of drug-likeness (QED) is 0.478. The third kappa shape index (κ3) is 3.90. The number of ether oxygens (including phenoxy) is 1. The highest BCUT2D eigenvalue weighted by atomic mass is 35.5. The Hall–Kier alpha value is -3.16. The Labute approximate surface area is 170 Å². The van der Waals surface area contributed by atoms with E-state index in [1.807, 2.05) is 41.1 Å². The third-order valence-corrected chi connectivity index (χ3v) is 5.02. The first-order chi connectivity index (χ1) is 13.6. The van der Waals surface area contributed by atoms with Crippen LogP contribution in [0.5, 0.6) is 5.75 Å². The molecule has 2 aromatic carbocycles. The van der Waals surface area contributed by atoms with Crippen molar-refractivity contribution in [3.8, 4) is 5.75 Å². The number of thiophene rings is 1. The van der Waals surface area contributed by atoms with Gasteiger partial charge >= 0.3 is 0 Å². The number of nitrogens with zero attached hydrogens (tertiary/aromatic N) is 2. The van der Waals surface area contributed by atoms with Crippen molar-refractivity contribution >= 4 is 51.3 Å². The molecular weight excluding hydrogens is 396 g/mol. The molecule has 0 aliphatic rings. The van der Waals surface area contributed by atoms with Gasteiger partial charge in [0.05, 0.1) is 10.5 Å². The molecular formula is C20H15ClN4O2S. The highest BCUT2D eigenvalue weighted by Crippen LogP contribution is 2.31. The first-order valence-electron chi connectivity index (χ1n) is 8.37. The molecule has 0 saturated carbocycles. The number of carbonyl (C=O) groups excluding carboxylic acids is 1. The standard InChI is InChI=1S/C20H15ClN4O2S/c21-15-9-13(5-6-17(15)27-10-12-7-8-28-11-12)23-19-14-3-1-2-4-16(14)24-20(25-19)18(22)26/h1-9,11H,10H2,(H2,22,26)(H,23,24,25). The maximum absolute atomic E-state index is 11.5. The summed E-state index contributed by atoms with van der Waals surface area (Å²) in [7, 11) is 0. The second kappa shape index (κ2) is 7.84. The fourth-order valence-corrected chi connectivity index (χ4v) is 3.54. The van der Waals surface area contributed by atoms with E-state index in [4.69, 9.17) is 22.1 Å². The van der Waals surface area contributed by atoms with Crippen LogP contribution < -0.4 is 15.8 Å². The number of benzene rings is 2. The summed E-state index contributed by atoms with van der Waals surface area (Å²) in [5.41, 5.74) is 7.77. The van der Waals surface area contributed by atoms with E-state index >= 15 is 0 Å². The number of nitrogens with two attached hydrogens (primary N) is 1. The van der Waals surface area contributed by atoms with Crippen LogP contribution in [-0.4, -0.2) is 15.9 Å². The van der Waals surface area contributed by atoms with Crippen molar-refractivity contribution in [2.24, 2.45) is 5.73 Å². The molecule has 0 saturated heterocycles. The second-order valence-corrected chi connectivity index (χ2v) is 7.15. The minimum Gasteiger partial charge on any atom is -0.487 e. The number of hydrogen-bond donors (Lipinski definition) is 2. The van der Waals surface area contributed by atoms with Crippen LogP contribution in [-0.2, 0) is 6.61 Å². The van der Waals surface area contributed by atoms with Gasteiger partial charge in [0.1, 0.15) is 18.2 Å². The number of nitrogens with one attached hydrogen (secondary N) is 1. The fourth-order valence-electron chi connectivity index (χ4n) is 2.65. The third-order valence-electron chi connectivity index (χ3n) is 3.99. The van der Waals surface area contributed by atoms with E-state index in [0.29, 0.717) is 34.4 Å². The van der Waals surface area contributed by atoms with Crippen LogP contribution >= 0.6 is 22.9 Å². The van der Waals surface area contributed by atoms with Crippen LogP contribution in [0.25, 0.3) is 10.9 Å². The lowest BCUT2D eigenvalue weighted by atomic mass is 10.2. The number of aromatic nitrogens is 2. The van der Waals surface area contributed by atoms with Crippen molar-refractivity contribution in [1.82, 2.24) is 9.97 Å². The largest absolute Gasteiger partial charge is 0.487 e. The Morgan fingerprint density at radius 2 is 2.04 bits per heavy atom. The molecule has 28 heavy (non-hydrogen) atoms. The van der Waals surface area contributed by atoms with Crippen molar-refractivity contribution in [2.45, 2.75) is 6.61 Å². The molecule has 140 valence electrons. The topological polar surface area (TPSA) is 90.1 Å². The van der Waals surface area contributed by atoms with Gasteiger partial charge in [0.2, 0.25) is 5.82 Å². The summed E-state index contributed by atoms with van der Waals surface area (Å²) >= 11 is 7.99. The summed E-state index contributed by atoms with van der Waals surface area (Å²) in [6, 6.07) is 14.7. The van der Waals surface area contributed by atoms with Gasteiger partial charge in [-0.15, -0.1) is 0 Å². The van der Waals surface area contributed by atoms with Crippen LogP contribution in [0.15, 0.2) is 59.3 Å². The van der Waals surface area contributed by atoms with Gasteiger partial charge in [0, 0.05) is 11.1 Å². The van der Waals surface area contributed by atoms with E-state index in [0.717, 1.165) is 10.9 Å². The fraction of sp³-hybridized carbons (Fsp3) is 0.0500. The predicted molar refractivity (Wildman–Crippen MR) is 111 cm³/mol. The molecule has 0 aliphatic heterocycles. The van der Waals surface area contributed by atoms with Crippen molar-refractivity contribution in [3.05, 3.63) is 75.7 Å². The number of anilines is 2. The van der Waals surface area contributed by atoms with Crippen molar-refractivity contribution in [2.75, 3.05) is 5.32 Å². The Morgan fingerprint density at radius 1 is 1.18 bits per heavy atom. The first-order valence-corrected chi connectivity index (χ1v) is 9.69. The lowest BCUT2D eigenvalue weighted by Crippen LogP contribution is -2.16. The van der Waals surface area contributed by atoms with Crippen molar-refractivity contribution in [1.29, 1.82) is 0 Å². The highest BCUT2D eigenvalue weighted by molar-refractivity contribution is 7.07. The zero-order valence-corrected chi connectivity index (χ0v) is 16.1. The number of rotatable bonds is 6. The SMILES string of the molecule is NC(=O)c1nc(Nc2ccc(OCc3ccsc3)c(Cl)c2)c2ccccc2n1. The number of para-hydroxylation sites is 1. The number of amides is 1. The molecule has 6 nitrogen and oxygen atoms in total. The molecule has 4 rings (SSSR count). The molecule has 0 atom stereocenters. The smallest absolute Gasteiger partial charge is 0.286 e. The van der Waals surface area contributed by atoms with Crippen LogP contribution in [0, 0.1) is 0 Å². The molecule has 1 amide bonds. The summed E-state index contributed by atoms with van der Waals surface area (Å²) in [6.07, 6.45) is 0. The monoisotopic (exact) mass is 410 g/mol. The van der Waals surface area contributed by atoms with E-state index in [-0.39, 0.29) is 5.82 Å². The number of primary amides is 1. The van der Waals surface area contributed by atoms with Crippen LogP contribution in [0.2, 0.25) is 5.02 Å². The molecule has 0 aliphatic carbocycles. The number of fused-ring (bicyclic) bond motifs is 1. The van der Waals surface area contributed by atoms with E-state index in [1.54, 1.807) is 29.5 Å². The van der Waals surface area contributed by atoms with Crippen molar-refractivity contribution < 1.29 is 9.53 Å². The van der Waals surface area contributed by atoms with Gasteiger partial charge in [-0.3, -0.25) is 4.79 Å². The number of hydrogen-bond acceptors (Lipinski definition) is 6. The molecule has 8 heteroatoms. The molecule has 3 N–H and O–H groups in total. The zero-order valence-electron chi connectivity index (χ0n) is 14.6. The molecule has 0 fully saturated rings. The van der Waals surface area contributed by atoms with Crippen LogP contribution in [0.1, 0.15) is 16.2 Å². The Balaban J connectivity index is 1.60. The van der Waals surface area contributed by atoms with Gasteiger partial charge in [-0.2, -0.15) is 11.3 Å². The highest BCUT2D eigenvalue weighted by Gasteiger charge is 2.12. The van der Waals surface area contributed by atoms with E-state index < -0.39 is 5.91 Å². The van der Waals surface area contributed by atoms with E-state index in [1.165, 1.54) is 0 Å². The minimum absolute atomic E-state index is 0.0528. The Morgan fingerprint density at radius 3 is 2.79 bits per heavy atom. The Kier molecular flexibility index (Phi) is 5.10. The molecule has 0 unspecified atom stereocenters. The zero-order chi connectivity index (χ0) is 19.5.